The van der Waals surface area contributed by atoms with Crippen LogP contribution in [0.5, 0.6) is 5.75 Å². The van der Waals surface area contributed by atoms with Gasteiger partial charge in [0.15, 0.2) is 11.6 Å². The van der Waals surface area contributed by atoms with E-state index in [1.807, 2.05) is 4.90 Å². The van der Waals surface area contributed by atoms with Crippen LogP contribution in [0.15, 0.2) is 17.1 Å². The van der Waals surface area contributed by atoms with E-state index in [9.17, 15) is 14.7 Å². The number of rotatable bonds is 8. The Bertz CT molecular complexity index is 1170. The molecule has 2 aliphatic rings. The lowest BCUT2D eigenvalue weighted by Crippen LogP contribution is -2.35. The summed E-state index contributed by atoms with van der Waals surface area (Å²) in [5.74, 6) is -1.66. The first-order chi connectivity index (χ1) is 15.3. The molecule has 2 fully saturated rings. The topological polar surface area (TPSA) is 108 Å². The molecule has 2 N–H and O–H groups in total. The molecule has 9 heteroatoms. The Hall–Kier alpha value is -3.12. The van der Waals surface area contributed by atoms with Gasteiger partial charge in [0.2, 0.25) is 5.43 Å². The van der Waals surface area contributed by atoms with E-state index >= 15 is 4.39 Å². The molecule has 1 aliphatic carbocycles. The van der Waals surface area contributed by atoms with Crippen molar-refractivity contribution in [2.75, 3.05) is 38.2 Å². The lowest BCUT2D eigenvalue weighted by Gasteiger charge is -2.28. The summed E-state index contributed by atoms with van der Waals surface area (Å²) in [7, 11) is 1.45. The van der Waals surface area contributed by atoms with Crippen molar-refractivity contribution in [3.63, 3.8) is 0 Å². The van der Waals surface area contributed by atoms with Gasteiger partial charge in [-0.05, 0) is 30.7 Å². The van der Waals surface area contributed by atoms with E-state index < -0.39 is 17.2 Å². The van der Waals surface area contributed by atoms with Crippen molar-refractivity contribution < 1.29 is 19.0 Å². The summed E-state index contributed by atoms with van der Waals surface area (Å²) in [5.41, 5.74) is -0.428. The van der Waals surface area contributed by atoms with Gasteiger partial charge in [-0.15, -0.1) is 0 Å². The van der Waals surface area contributed by atoms with E-state index in [0.717, 1.165) is 25.3 Å². The van der Waals surface area contributed by atoms with Crippen LogP contribution in [0.1, 0.15) is 49.0 Å². The molecule has 2 aromatic rings. The molecule has 0 spiro atoms. The van der Waals surface area contributed by atoms with E-state index in [1.54, 1.807) is 4.57 Å². The minimum absolute atomic E-state index is 0.0232. The zero-order chi connectivity index (χ0) is 23.0. The monoisotopic (exact) mass is 442 g/mol. The second kappa shape index (κ2) is 8.43. The SMILES string of the molecule is COc1c(N2CCC(C)(CNCCC#N)C2)c(F)cc2c(=O)c(C(=O)O)cn(C3CC3)c12. The highest BCUT2D eigenvalue weighted by Crippen LogP contribution is 2.45. The summed E-state index contributed by atoms with van der Waals surface area (Å²) in [4.78, 5) is 26.4. The highest BCUT2D eigenvalue weighted by atomic mass is 19.1. The fraction of sp³-hybridized carbons (Fsp3) is 0.522. The average molecular weight is 442 g/mol. The van der Waals surface area contributed by atoms with Gasteiger partial charge in [0.1, 0.15) is 11.3 Å². The molecular weight excluding hydrogens is 415 g/mol. The maximum absolute atomic E-state index is 15.4. The maximum Gasteiger partial charge on any atom is 0.341 e. The number of hydrogen-bond acceptors (Lipinski definition) is 6. The van der Waals surface area contributed by atoms with Crippen LogP contribution in [-0.2, 0) is 0 Å². The molecule has 0 bridgehead atoms. The van der Waals surface area contributed by atoms with Crippen LogP contribution in [0.3, 0.4) is 0 Å². The van der Waals surface area contributed by atoms with Gasteiger partial charge in [0.25, 0.3) is 0 Å². The number of halogens is 1. The minimum atomic E-state index is -1.33. The van der Waals surface area contributed by atoms with Gasteiger partial charge in [0.05, 0.1) is 24.1 Å². The Morgan fingerprint density at radius 1 is 1.47 bits per heavy atom. The van der Waals surface area contributed by atoms with Crippen LogP contribution < -0.4 is 20.4 Å². The first-order valence-corrected chi connectivity index (χ1v) is 10.8. The molecular formula is C23H27FN4O4. The maximum atomic E-state index is 15.4. The van der Waals surface area contributed by atoms with Crippen LogP contribution in [-0.4, -0.2) is 48.9 Å². The number of carbonyl (C=O) groups is 1. The summed E-state index contributed by atoms with van der Waals surface area (Å²) in [6.07, 6.45) is 4.36. The van der Waals surface area contributed by atoms with E-state index in [2.05, 4.69) is 18.3 Å². The number of benzene rings is 1. The van der Waals surface area contributed by atoms with Gasteiger partial charge >= 0.3 is 5.97 Å². The van der Waals surface area contributed by atoms with Crippen molar-refractivity contribution in [3.05, 3.63) is 33.9 Å². The first-order valence-electron chi connectivity index (χ1n) is 10.8. The van der Waals surface area contributed by atoms with Crippen molar-refractivity contribution in [2.24, 2.45) is 5.41 Å². The van der Waals surface area contributed by atoms with Gasteiger partial charge in [-0.1, -0.05) is 6.92 Å². The van der Waals surface area contributed by atoms with Gasteiger partial charge in [0, 0.05) is 44.8 Å². The number of fused-ring (bicyclic) bond motifs is 1. The number of ether oxygens (including phenoxy) is 1. The number of carboxylic acid groups (broad SMARTS) is 1. The Labute approximate surface area is 185 Å². The quantitative estimate of drug-likeness (QED) is 0.605. The predicted octanol–water partition coefficient (Wildman–Crippen LogP) is 2.90. The van der Waals surface area contributed by atoms with Crippen molar-refractivity contribution in [1.29, 1.82) is 5.26 Å². The Balaban J connectivity index is 1.78. The highest BCUT2D eigenvalue weighted by molar-refractivity contribution is 5.97. The van der Waals surface area contributed by atoms with Crippen LogP contribution in [0.4, 0.5) is 10.1 Å². The molecule has 170 valence electrons. The second-order valence-corrected chi connectivity index (χ2v) is 9.02. The van der Waals surface area contributed by atoms with Crippen LogP contribution >= 0.6 is 0 Å². The normalized spacial score (nSPS) is 20.5. The molecule has 1 atom stereocenters. The number of hydrogen-bond donors (Lipinski definition) is 2. The second-order valence-electron chi connectivity index (χ2n) is 9.02. The Morgan fingerprint density at radius 3 is 2.84 bits per heavy atom. The van der Waals surface area contributed by atoms with E-state index in [-0.39, 0.29) is 28.2 Å². The molecule has 0 radical (unpaired) electrons. The van der Waals surface area contributed by atoms with Gasteiger partial charge in [-0.2, -0.15) is 5.26 Å². The number of methoxy groups -OCH3 is 1. The summed E-state index contributed by atoms with van der Waals surface area (Å²) in [6.45, 7) is 4.65. The van der Waals surface area contributed by atoms with Crippen molar-refractivity contribution in [3.8, 4) is 11.8 Å². The first kappa shape index (κ1) is 22.1. The molecule has 1 aliphatic heterocycles. The molecule has 1 saturated carbocycles. The number of nitriles is 1. The standard InChI is InChI=1S/C23H27FN4O4/c1-23(12-26-8-3-7-25)6-9-27(13-23)19-17(24)10-15-18(21(19)32-2)28(14-4-5-14)11-16(20(15)29)22(30)31/h10-11,14,26H,3-6,8-9,12-13H2,1-2H3,(H,30,31). The summed E-state index contributed by atoms with van der Waals surface area (Å²) < 4.78 is 22.8. The van der Waals surface area contributed by atoms with Gasteiger partial charge in [-0.25, -0.2) is 9.18 Å². The van der Waals surface area contributed by atoms with Crippen LogP contribution in [0.25, 0.3) is 10.9 Å². The smallest absolute Gasteiger partial charge is 0.341 e. The average Bonchev–Trinajstić information content (AvgIpc) is 3.53. The zero-order valence-electron chi connectivity index (χ0n) is 18.3. The number of aromatic nitrogens is 1. The summed E-state index contributed by atoms with van der Waals surface area (Å²) >= 11 is 0. The van der Waals surface area contributed by atoms with Crippen molar-refractivity contribution in [2.45, 2.75) is 38.6 Å². The zero-order valence-corrected chi connectivity index (χ0v) is 18.3. The third-order valence-corrected chi connectivity index (χ3v) is 6.41. The summed E-state index contributed by atoms with van der Waals surface area (Å²) in [6, 6.07) is 3.33. The number of aromatic carboxylic acids is 1. The van der Waals surface area contributed by atoms with Gasteiger partial charge in [-0.3, -0.25) is 4.79 Å². The number of nitrogens with zero attached hydrogens (tertiary/aromatic N) is 3. The van der Waals surface area contributed by atoms with E-state index in [0.29, 0.717) is 43.8 Å². The van der Waals surface area contributed by atoms with Gasteiger partial charge < -0.3 is 24.6 Å². The molecule has 4 rings (SSSR count). The molecule has 1 unspecified atom stereocenters. The lowest BCUT2D eigenvalue weighted by atomic mass is 9.90. The minimum Gasteiger partial charge on any atom is -0.492 e. The van der Waals surface area contributed by atoms with Crippen molar-refractivity contribution in [1.82, 2.24) is 9.88 Å². The molecule has 1 saturated heterocycles. The van der Waals surface area contributed by atoms with Crippen molar-refractivity contribution >= 4 is 22.6 Å². The molecule has 1 aromatic carbocycles. The Morgan fingerprint density at radius 2 is 2.22 bits per heavy atom. The molecule has 1 aromatic heterocycles. The molecule has 32 heavy (non-hydrogen) atoms. The number of carboxylic acids is 1. The van der Waals surface area contributed by atoms with Crippen LogP contribution in [0.2, 0.25) is 0 Å². The third kappa shape index (κ3) is 3.91. The highest BCUT2D eigenvalue weighted by Gasteiger charge is 2.37. The fourth-order valence-corrected chi connectivity index (χ4v) is 4.62. The number of pyridine rings is 1. The Kier molecular flexibility index (Phi) is 5.82. The molecule has 2 heterocycles. The third-order valence-electron chi connectivity index (χ3n) is 6.41. The number of nitrogens with one attached hydrogen (secondary N) is 1. The van der Waals surface area contributed by atoms with E-state index in [4.69, 9.17) is 10.00 Å². The predicted molar refractivity (Wildman–Crippen MR) is 118 cm³/mol. The lowest BCUT2D eigenvalue weighted by molar-refractivity contribution is 0.0694. The summed E-state index contributed by atoms with van der Waals surface area (Å²) in [5, 5.41) is 21.5. The van der Waals surface area contributed by atoms with E-state index in [1.165, 1.54) is 13.3 Å². The largest absolute Gasteiger partial charge is 0.492 e. The molecule has 0 amide bonds. The molecule has 8 nitrogen and oxygen atoms in total. The van der Waals surface area contributed by atoms with Crippen LogP contribution in [0, 0.1) is 22.6 Å². The number of anilines is 1. The fourth-order valence-electron chi connectivity index (χ4n) is 4.62.